The lowest BCUT2D eigenvalue weighted by Crippen LogP contribution is -2.30. The highest BCUT2D eigenvalue weighted by Crippen LogP contribution is 2.32. The van der Waals surface area contributed by atoms with Gasteiger partial charge in [-0.3, -0.25) is 0 Å². The van der Waals surface area contributed by atoms with Crippen molar-refractivity contribution in [1.82, 2.24) is 0 Å². The minimum absolute atomic E-state index is 0.270. The van der Waals surface area contributed by atoms with Crippen LogP contribution in [0, 0.1) is 0 Å². The summed E-state index contributed by atoms with van der Waals surface area (Å²) in [6, 6.07) is 7.13. The SMILES string of the molecule is CS(=O)(=O)c1ccc(N2CCc3sccc3C2)c(N)c1. The van der Waals surface area contributed by atoms with Crippen LogP contribution in [0.25, 0.3) is 0 Å². The second-order valence-electron chi connectivity index (χ2n) is 5.03. The van der Waals surface area contributed by atoms with Crippen molar-refractivity contribution in [3.8, 4) is 0 Å². The van der Waals surface area contributed by atoms with Gasteiger partial charge in [-0.25, -0.2) is 8.42 Å². The van der Waals surface area contributed by atoms with E-state index < -0.39 is 9.84 Å². The number of hydrogen-bond donors (Lipinski definition) is 1. The van der Waals surface area contributed by atoms with Crippen LogP contribution >= 0.6 is 11.3 Å². The highest BCUT2D eigenvalue weighted by atomic mass is 32.2. The molecule has 2 aromatic rings. The van der Waals surface area contributed by atoms with E-state index in [0.717, 1.165) is 25.2 Å². The van der Waals surface area contributed by atoms with Gasteiger partial charge in [-0.15, -0.1) is 11.3 Å². The Hall–Kier alpha value is -1.53. The monoisotopic (exact) mass is 308 g/mol. The number of nitrogen functional groups attached to an aromatic ring is 1. The minimum Gasteiger partial charge on any atom is -0.397 e. The van der Waals surface area contributed by atoms with E-state index in [-0.39, 0.29) is 4.90 Å². The van der Waals surface area contributed by atoms with Crippen LogP contribution in [-0.2, 0) is 22.8 Å². The Balaban J connectivity index is 1.93. The smallest absolute Gasteiger partial charge is 0.175 e. The van der Waals surface area contributed by atoms with Crippen molar-refractivity contribution < 1.29 is 8.42 Å². The number of anilines is 2. The van der Waals surface area contributed by atoms with Crippen molar-refractivity contribution >= 4 is 32.5 Å². The van der Waals surface area contributed by atoms with Gasteiger partial charge in [0.25, 0.3) is 0 Å². The average Bonchev–Trinajstić information content (AvgIpc) is 2.84. The van der Waals surface area contributed by atoms with Gasteiger partial charge in [0.1, 0.15) is 0 Å². The van der Waals surface area contributed by atoms with Crippen molar-refractivity contribution in [1.29, 1.82) is 0 Å². The molecule has 1 aliphatic rings. The quantitative estimate of drug-likeness (QED) is 0.865. The van der Waals surface area contributed by atoms with E-state index in [1.54, 1.807) is 23.5 Å². The number of nitrogens with zero attached hydrogens (tertiary/aromatic N) is 1. The number of hydrogen-bond acceptors (Lipinski definition) is 5. The number of sulfone groups is 1. The summed E-state index contributed by atoms with van der Waals surface area (Å²) in [5, 5.41) is 2.12. The van der Waals surface area contributed by atoms with E-state index in [1.807, 2.05) is 6.07 Å². The summed E-state index contributed by atoms with van der Waals surface area (Å²) < 4.78 is 23.1. The second kappa shape index (κ2) is 4.79. The lowest BCUT2D eigenvalue weighted by molar-refractivity contribution is 0.602. The molecule has 1 aliphatic heterocycles. The predicted molar refractivity (Wildman–Crippen MR) is 83.0 cm³/mol. The second-order valence-corrected chi connectivity index (χ2v) is 8.05. The van der Waals surface area contributed by atoms with E-state index in [2.05, 4.69) is 16.3 Å². The molecule has 0 saturated heterocycles. The van der Waals surface area contributed by atoms with Crippen molar-refractivity contribution in [2.24, 2.45) is 0 Å². The van der Waals surface area contributed by atoms with Crippen LogP contribution in [0.1, 0.15) is 10.4 Å². The third-order valence-electron chi connectivity index (χ3n) is 3.58. The largest absolute Gasteiger partial charge is 0.397 e. The standard InChI is InChI=1S/C14H16N2O2S2/c1-20(17,18)11-2-3-13(12(15)8-11)16-6-4-14-10(9-16)5-7-19-14/h2-3,5,7-8H,4,6,9,15H2,1H3. The highest BCUT2D eigenvalue weighted by Gasteiger charge is 2.20. The van der Waals surface area contributed by atoms with Crippen LogP contribution in [-0.4, -0.2) is 21.2 Å². The fourth-order valence-electron chi connectivity index (χ4n) is 2.51. The van der Waals surface area contributed by atoms with Crippen LogP contribution in [0.3, 0.4) is 0 Å². The summed E-state index contributed by atoms with van der Waals surface area (Å²) in [7, 11) is -3.21. The van der Waals surface area contributed by atoms with Gasteiger partial charge in [0.05, 0.1) is 16.3 Å². The third kappa shape index (κ3) is 2.41. The zero-order chi connectivity index (χ0) is 14.3. The van der Waals surface area contributed by atoms with Crippen molar-refractivity contribution in [3.63, 3.8) is 0 Å². The molecule has 0 radical (unpaired) electrons. The van der Waals surface area contributed by atoms with Crippen LogP contribution in [0.2, 0.25) is 0 Å². The molecular formula is C14H16N2O2S2. The maximum Gasteiger partial charge on any atom is 0.175 e. The lowest BCUT2D eigenvalue weighted by atomic mass is 10.1. The first kappa shape index (κ1) is 13.5. The van der Waals surface area contributed by atoms with Gasteiger partial charge in [0.15, 0.2) is 9.84 Å². The summed E-state index contributed by atoms with van der Waals surface area (Å²) in [5.74, 6) is 0. The molecule has 20 heavy (non-hydrogen) atoms. The molecule has 1 aromatic heterocycles. The van der Waals surface area contributed by atoms with Gasteiger partial charge in [0.2, 0.25) is 0 Å². The summed E-state index contributed by atoms with van der Waals surface area (Å²) in [4.78, 5) is 3.91. The van der Waals surface area contributed by atoms with E-state index in [1.165, 1.54) is 16.7 Å². The molecule has 0 fully saturated rings. The van der Waals surface area contributed by atoms with Gasteiger partial charge < -0.3 is 10.6 Å². The molecule has 0 saturated carbocycles. The Labute approximate surface area is 122 Å². The van der Waals surface area contributed by atoms with Crippen LogP contribution < -0.4 is 10.6 Å². The molecule has 0 bridgehead atoms. The average molecular weight is 308 g/mol. The van der Waals surface area contributed by atoms with Gasteiger partial charge in [-0.1, -0.05) is 0 Å². The van der Waals surface area contributed by atoms with Crippen LogP contribution in [0.5, 0.6) is 0 Å². The number of fused-ring (bicyclic) bond motifs is 1. The number of benzene rings is 1. The zero-order valence-electron chi connectivity index (χ0n) is 11.2. The molecule has 0 aliphatic carbocycles. The Morgan fingerprint density at radius 2 is 2.10 bits per heavy atom. The Morgan fingerprint density at radius 3 is 2.80 bits per heavy atom. The number of thiophene rings is 1. The zero-order valence-corrected chi connectivity index (χ0v) is 12.8. The molecule has 0 unspecified atom stereocenters. The summed E-state index contributed by atoms with van der Waals surface area (Å²) in [6.45, 7) is 1.75. The van der Waals surface area contributed by atoms with E-state index in [0.29, 0.717) is 5.69 Å². The van der Waals surface area contributed by atoms with E-state index >= 15 is 0 Å². The van der Waals surface area contributed by atoms with Gasteiger partial charge in [-0.05, 0) is 41.6 Å². The maximum absolute atomic E-state index is 11.5. The van der Waals surface area contributed by atoms with Gasteiger partial charge in [0, 0.05) is 24.2 Å². The van der Waals surface area contributed by atoms with Gasteiger partial charge in [-0.2, -0.15) is 0 Å². The number of nitrogens with two attached hydrogens (primary N) is 1. The predicted octanol–water partition coefficient (Wildman–Crippen LogP) is 2.30. The van der Waals surface area contributed by atoms with Crippen LogP contribution in [0.4, 0.5) is 11.4 Å². The molecule has 4 nitrogen and oxygen atoms in total. The Bertz CT molecular complexity index is 750. The highest BCUT2D eigenvalue weighted by molar-refractivity contribution is 7.90. The molecule has 0 amide bonds. The van der Waals surface area contributed by atoms with Crippen molar-refractivity contribution in [2.75, 3.05) is 23.4 Å². The number of rotatable bonds is 2. The van der Waals surface area contributed by atoms with Crippen molar-refractivity contribution in [3.05, 3.63) is 40.1 Å². The topological polar surface area (TPSA) is 63.4 Å². The summed E-state index contributed by atoms with van der Waals surface area (Å²) in [6.07, 6.45) is 2.21. The van der Waals surface area contributed by atoms with Gasteiger partial charge >= 0.3 is 0 Å². The molecule has 2 heterocycles. The molecule has 0 spiro atoms. The molecule has 3 rings (SSSR count). The van der Waals surface area contributed by atoms with E-state index in [9.17, 15) is 8.42 Å². The molecule has 106 valence electrons. The summed E-state index contributed by atoms with van der Waals surface area (Å²) >= 11 is 1.80. The molecule has 1 aromatic carbocycles. The normalized spacial score (nSPS) is 15.2. The first-order valence-corrected chi connectivity index (χ1v) is 9.12. The molecular weight excluding hydrogens is 292 g/mol. The van der Waals surface area contributed by atoms with E-state index in [4.69, 9.17) is 5.73 Å². The fraction of sp³-hybridized carbons (Fsp3) is 0.286. The Morgan fingerprint density at radius 1 is 1.30 bits per heavy atom. The molecule has 2 N–H and O–H groups in total. The fourth-order valence-corrected chi connectivity index (χ4v) is 4.05. The molecule has 0 atom stereocenters. The minimum atomic E-state index is -3.21. The molecule has 6 heteroatoms. The lowest BCUT2D eigenvalue weighted by Gasteiger charge is -2.30. The third-order valence-corrected chi connectivity index (χ3v) is 5.71. The maximum atomic E-state index is 11.5. The summed E-state index contributed by atoms with van der Waals surface area (Å²) in [5.41, 5.74) is 8.81. The first-order valence-electron chi connectivity index (χ1n) is 6.35. The van der Waals surface area contributed by atoms with Crippen LogP contribution in [0.15, 0.2) is 34.5 Å². The first-order chi connectivity index (χ1) is 9.45. The Kier molecular flexibility index (Phi) is 3.22. The van der Waals surface area contributed by atoms with Crippen molar-refractivity contribution in [2.45, 2.75) is 17.9 Å².